The molecule has 1 fully saturated rings. The third-order valence-corrected chi connectivity index (χ3v) is 3.53. The van der Waals surface area contributed by atoms with Crippen molar-refractivity contribution in [2.45, 2.75) is 44.0 Å². The van der Waals surface area contributed by atoms with Crippen molar-refractivity contribution < 1.29 is 19.4 Å². The van der Waals surface area contributed by atoms with Crippen LogP contribution >= 0.6 is 0 Å². The van der Waals surface area contributed by atoms with E-state index in [1.54, 1.807) is 12.4 Å². The molecule has 110 valence electrons. The minimum absolute atomic E-state index is 0.187. The summed E-state index contributed by atoms with van der Waals surface area (Å²) < 4.78 is 10.5. The highest BCUT2D eigenvalue weighted by atomic mass is 16.6. The Labute approximate surface area is 117 Å². The molecule has 1 aromatic heterocycles. The van der Waals surface area contributed by atoms with Crippen molar-refractivity contribution >= 4 is 6.09 Å². The van der Waals surface area contributed by atoms with E-state index in [2.05, 4.69) is 4.98 Å². The van der Waals surface area contributed by atoms with Gasteiger partial charge >= 0.3 is 6.09 Å². The van der Waals surface area contributed by atoms with Crippen LogP contribution in [0.2, 0.25) is 0 Å². The first kappa shape index (κ1) is 14.7. The molecule has 2 rings (SSSR count). The summed E-state index contributed by atoms with van der Waals surface area (Å²) >= 11 is 0. The highest BCUT2D eigenvalue weighted by Gasteiger charge is 2.34. The van der Waals surface area contributed by atoms with Crippen molar-refractivity contribution in [3.8, 4) is 0 Å². The van der Waals surface area contributed by atoms with Crippen LogP contribution < -0.4 is 5.73 Å². The van der Waals surface area contributed by atoms with E-state index in [0.29, 0.717) is 32.3 Å². The monoisotopic (exact) mass is 280 g/mol. The number of carbonyl (C=O) groups excluding carboxylic acids is 1. The zero-order chi connectivity index (χ0) is 14.4. The maximum absolute atomic E-state index is 10.7. The SMILES string of the molecule is NC(=O)OC1CCC(O)(COCc2ccncc2)CC1. The molecular weight excluding hydrogens is 260 g/mol. The summed E-state index contributed by atoms with van der Waals surface area (Å²) in [5, 5.41) is 10.4. The lowest BCUT2D eigenvalue weighted by atomic mass is 9.84. The molecule has 1 amide bonds. The third kappa shape index (κ3) is 4.47. The van der Waals surface area contributed by atoms with Gasteiger partial charge in [0.05, 0.1) is 18.8 Å². The molecule has 0 unspecified atom stereocenters. The van der Waals surface area contributed by atoms with Gasteiger partial charge in [0.25, 0.3) is 0 Å². The fourth-order valence-corrected chi connectivity index (χ4v) is 2.39. The second kappa shape index (κ2) is 6.67. The van der Waals surface area contributed by atoms with Gasteiger partial charge in [-0.1, -0.05) is 0 Å². The Morgan fingerprint density at radius 1 is 1.40 bits per heavy atom. The molecule has 1 saturated carbocycles. The first-order valence-electron chi connectivity index (χ1n) is 6.72. The van der Waals surface area contributed by atoms with Crippen molar-refractivity contribution in [3.63, 3.8) is 0 Å². The van der Waals surface area contributed by atoms with Crippen molar-refractivity contribution in [3.05, 3.63) is 30.1 Å². The summed E-state index contributed by atoms with van der Waals surface area (Å²) in [5.74, 6) is 0. The lowest BCUT2D eigenvalue weighted by molar-refractivity contribution is -0.0905. The fourth-order valence-electron chi connectivity index (χ4n) is 2.39. The topological polar surface area (TPSA) is 94.7 Å². The molecule has 0 aromatic carbocycles. The van der Waals surface area contributed by atoms with Crippen LogP contribution in [0.3, 0.4) is 0 Å². The number of hydrogen-bond acceptors (Lipinski definition) is 5. The maximum Gasteiger partial charge on any atom is 0.404 e. The molecule has 1 heterocycles. The molecule has 20 heavy (non-hydrogen) atoms. The van der Waals surface area contributed by atoms with E-state index in [9.17, 15) is 9.90 Å². The number of amides is 1. The molecular formula is C14H20N2O4. The van der Waals surface area contributed by atoms with Crippen molar-refractivity contribution in [1.29, 1.82) is 0 Å². The van der Waals surface area contributed by atoms with Crippen LogP contribution in [0.25, 0.3) is 0 Å². The predicted molar refractivity (Wildman–Crippen MR) is 71.8 cm³/mol. The molecule has 0 bridgehead atoms. The van der Waals surface area contributed by atoms with Crippen molar-refractivity contribution in [2.75, 3.05) is 6.61 Å². The summed E-state index contributed by atoms with van der Waals surface area (Å²) in [7, 11) is 0. The van der Waals surface area contributed by atoms with Crippen LogP contribution in [-0.4, -0.2) is 34.5 Å². The number of carbonyl (C=O) groups is 1. The normalized spacial score (nSPS) is 26.1. The molecule has 0 saturated heterocycles. The number of nitrogens with two attached hydrogens (primary N) is 1. The summed E-state index contributed by atoms with van der Waals surface area (Å²) in [6, 6.07) is 3.75. The number of nitrogens with zero attached hydrogens (tertiary/aromatic N) is 1. The van der Waals surface area contributed by atoms with Gasteiger partial charge in [-0.05, 0) is 43.4 Å². The molecule has 0 radical (unpaired) electrons. The summed E-state index contributed by atoms with van der Waals surface area (Å²) in [6.45, 7) is 0.727. The largest absolute Gasteiger partial charge is 0.446 e. The molecule has 0 atom stereocenters. The van der Waals surface area contributed by atoms with Gasteiger partial charge in [0.2, 0.25) is 0 Å². The first-order chi connectivity index (χ1) is 9.57. The lowest BCUT2D eigenvalue weighted by Crippen LogP contribution is -2.41. The standard InChI is InChI=1S/C14H20N2O4/c15-13(17)20-12-1-5-14(18,6-2-12)10-19-9-11-3-7-16-8-4-11/h3-4,7-8,12,18H,1-2,5-6,9-10H2,(H2,15,17). The average molecular weight is 280 g/mol. The van der Waals surface area contributed by atoms with Crippen LogP contribution in [0, 0.1) is 0 Å². The molecule has 0 aliphatic heterocycles. The van der Waals surface area contributed by atoms with Gasteiger partial charge in [0.15, 0.2) is 0 Å². The van der Waals surface area contributed by atoms with E-state index in [1.165, 1.54) is 0 Å². The average Bonchev–Trinajstić information content (AvgIpc) is 2.42. The van der Waals surface area contributed by atoms with Crippen LogP contribution in [0.5, 0.6) is 0 Å². The second-order valence-corrected chi connectivity index (χ2v) is 5.21. The number of aromatic nitrogens is 1. The van der Waals surface area contributed by atoms with Crippen LogP contribution in [0.15, 0.2) is 24.5 Å². The van der Waals surface area contributed by atoms with Gasteiger partial charge < -0.3 is 20.3 Å². The number of pyridine rings is 1. The van der Waals surface area contributed by atoms with Crippen molar-refractivity contribution in [1.82, 2.24) is 4.98 Å². The number of primary amides is 1. The quantitative estimate of drug-likeness (QED) is 0.849. The Bertz CT molecular complexity index is 430. The second-order valence-electron chi connectivity index (χ2n) is 5.21. The van der Waals surface area contributed by atoms with Crippen LogP contribution in [-0.2, 0) is 16.1 Å². The van der Waals surface area contributed by atoms with E-state index in [1.807, 2.05) is 12.1 Å². The number of rotatable bonds is 5. The summed E-state index contributed by atoms with van der Waals surface area (Å²) in [4.78, 5) is 14.6. The highest BCUT2D eigenvalue weighted by Crippen LogP contribution is 2.30. The Morgan fingerprint density at radius 2 is 2.05 bits per heavy atom. The van der Waals surface area contributed by atoms with Gasteiger partial charge in [-0.2, -0.15) is 0 Å². The Kier molecular flexibility index (Phi) is 4.92. The van der Waals surface area contributed by atoms with Crippen LogP contribution in [0.1, 0.15) is 31.2 Å². The van der Waals surface area contributed by atoms with Gasteiger partial charge in [-0.25, -0.2) is 4.79 Å². The summed E-state index contributed by atoms with van der Waals surface area (Å²) in [6.07, 6.45) is 4.78. The minimum Gasteiger partial charge on any atom is -0.446 e. The molecule has 6 nitrogen and oxygen atoms in total. The first-order valence-corrected chi connectivity index (χ1v) is 6.72. The fraction of sp³-hybridized carbons (Fsp3) is 0.571. The Balaban J connectivity index is 1.72. The zero-order valence-electron chi connectivity index (χ0n) is 11.3. The van der Waals surface area contributed by atoms with Crippen LogP contribution in [0.4, 0.5) is 4.79 Å². The lowest BCUT2D eigenvalue weighted by Gasteiger charge is -2.35. The van der Waals surface area contributed by atoms with E-state index in [0.717, 1.165) is 5.56 Å². The zero-order valence-corrected chi connectivity index (χ0v) is 11.3. The van der Waals surface area contributed by atoms with E-state index >= 15 is 0 Å². The van der Waals surface area contributed by atoms with Gasteiger partial charge in [0.1, 0.15) is 6.10 Å². The van der Waals surface area contributed by atoms with Gasteiger partial charge in [-0.15, -0.1) is 0 Å². The Morgan fingerprint density at radius 3 is 2.65 bits per heavy atom. The molecule has 1 aliphatic rings. The highest BCUT2D eigenvalue weighted by molar-refractivity contribution is 5.64. The predicted octanol–water partition coefficient (Wildman–Crippen LogP) is 1.37. The minimum atomic E-state index is -0.843. The number of aliphatic hydroxyl groups is 1. The molecule has 6 heteroatoms. The van der Waals surface area contributed by atoms with Gasteiger partial charge in [-0.3, -0.25) is 4.98 Å². The number of ether oxygens (including phenoxy) is 2. The van der Waals surface area contributed by atoms with E-state index in [-0.39, 0.29) is 12.7 Å². The molecule has 1 aromatic rings. The molecule has 3 N–H and O–H groups in total. The van der Waals surface area contributed by atoms with Crippen molar-refractivity contribution in [2.24, 2.45) is 5.73 Å². The van der Waals surface area contributed by atoms with Gasteiger partial charge in [0, 0.05) is 12.4 Å². The molecule has 1 aliphatic carbocycles. The van der Waals surface area contributed by atoms with E-state index in [4.69, 9.17) is 15.2 Å². The van der Waals surface area contributed by atoms with E-state index < -0.39 is 11.7 Å². The maximum atomic E-state index is 10.7. The summed E-state index contributed by atoms with van der Waals surface area (Å²) in [5.41, 5.74) is 5.16. The molecule has 0 spiro atoms. The Hall–Kier alpha value is -1.66. The third-order valence-electron chi connectivity index (χ3n) is 3.53. The number of hydrogen-bond donors (Lipinski definition) is 2. The smallest absolute Gasteiger partial charge is 0.404 e.